The number of ether oxygens (including phenoxy) is 2. The van der Waals surface area contributed by atoms with Crippen molar-refractivity contribution in [2.24, 2.45) is 0 Å². The molecule has 112 valence electrons. The fraction of sp³-hybridized carbons (Fsp3) is 0.571. The largest absolute Gasteiger partial charge is 0.481 e. The molecule has 0 aliphatic carbocycles. The van der Waals surface area contributed by atoms with E-state index < -0.39 is 17.7 Å². The van der Waals surface area contributed by atoms with E-state index in [0.29, 0.717) is 11.6 Å². The number of β-amino-alcohol motifs (C(OH)–C–C–N with tert-alkyl or cyclic N) is 1. The summed E-state index contributed by atoms with van der Waals surface area (Å²) in [6.07, 6.45) is -1.40. The topological polar surface area (TPSA) is 71.9 Å². The molecule has 1 rings (SSSR count). The van der Waals surface area contributed by atoms with Gasteiger partial charge in [-0.25, -0.2) is 9.78 Å². The number of pyridine rings is 1. The zero-order valence-electron chi connectivity index (χ0n) is 12.6. The Balaban J connectivity index is 2.90. The van der Waals surface area contributed by atoms with Gasteiger partial charge in [0, 0.05) is 11.6 Å². The van der Waals surface area contributed by atoms with Crippen LogP contribution in [0.1, 0.15) is 32.6 Å². The Labute approximate surface area is 119 Å². The number of nitrogens with zero attached hydrogens (tertiary/aromatic N) is 2. The maximum Gasteiger partial charge on any atom is 0.410 e. The molecule has 1 aromatic heterocycles. The molecule has 0 saturated heterocycles. The maximum absolute atomic E-state index is 11.8. The highest BCUT2D eigenvalue weighted by molar-refractivity contribution is 5.68. The molecule has 0 saturated carbocycles. The predicted octanol–water partition coefficient (Wildman–Crippen LogP) is 1.99. The molecule has 1 unspecified atom stereocenters. The summed E-state index contributed by atoms with van der Waals surface area (Å²) in [5.74, 6) is 0.418. The van der Waals surface area contributed by atoms with Gasteiger partial charge >= 0.3 is 6.09 Å². The van der Waals surface area contributed by atoms with Crippen molar-refractivity contribution in [2.45, 2.75) is 32.4 Å². The molecule has 0 aliphatic rings. The molecule has 0 radical (unpaired) electrons. The number of aliphatic hydroxyl groups excluding tert-OH is 1. The van der Waals surface area contributed by atoms with E-state index in [1.54, 1.807) is 18.2 Å². The minimum Gasteiger partial charge on any atom is -0.481 e. The lowest BCUT2D eigenvalue weighted by Crippen LogP contribution is -2.47. The Bertz CT molecular complexity index is 457. The van der Waals surface area contributed by atoms with Crippen LogP contribution in [0.5, 0.6) is 5.88 Å². The lowest BCUT2D eigenvalue weighted by molar-refractivity contribution is 0.0447. The van der Waals surface area contributed by atoms with E-state index in [1.807, 2.05) is 20.8 Å². The number of aromatic nitrogens is 1. The lowest BCUT2D eigenvalue weighted by Gasteiger charge is -2.35. The minimum atomic E-state index is -0.913. The fourth-order valence-corrected chi connectivity index (χ4v) is 1.73. The van der Waals surface area contributed by atoms with Gasteiger partial charge in [-0.1, -0.05) is 6.07 Å². The number of rotatable bonds is 4. The molecule has 0 fully saturated rings. The number of hydrogen-bond acceptors (Lipinski definition) is 5. The van der Waals surface area contributed by atoms with Crippen molar-refractivity contribution in [1.82, 2.24) is 9.88 Å². The van der Waals surface area contributed by atoms with Gasteiger partial charge in [0.1, 0.15) is 6.10 Å². The molecule has 1 amide bonds. The highest BCUT2D eigenvalue weighted by atomic mass is 16.5. The number of carbonyl (C=O) groups is 1. The molecule has 6 heteroatoms. The van der Waals surface area contributed by atoms with Crippen LogP contribution in [0.4, 0.5) is 4.79 Å². The van der Waals surface area contributed by atoms with E-state index in [-0.39, 0.29) is 6.54 Å². The van der Waals surface area contributed by atoms with E-state index >= 15 is 0 Å². The first-order valence-corrected chi connectivity index (χ1v) is 6.34. The van der Waals surface area contributed by atoms with Crippen LogP contribution in [0.3, 0.4) is 0 Å². The number of hydrogen-bond donors (Lipinski definition) is 1. The predicted molar refractivity (Wildman–Crippen MR) is 74.6 cm³/mol. The summed E-state index contributed by atoms with van der Waals surface area (Å²) >= 11 is 0. The Morgan fingerprint density at radius 3 is 2.55 bits per heavy atom. The van der Waals surface area contributed by atoms with Crippen molar-refractivity contribution >= 4 is 6.09 Å². The minimum absolute atomic E-state index is 0.0936. The highest BCUT2D eigenvalue weighted by Crippen LogP contribution is 2.21. The lowest BCUT2D eigenvalue weighted by atomic mass is 10.1. The van der Waals surface area contributed by atoms with Crippen LogP contribution in [0, 0.1) is 0 Å². The molecule has 1 aromatic rings. The summed E-state index contributed by atoms with van der Waals surface area (Å²) in [5.41, 5.74) is -0.0186. The molecule has 1 atom stereocenters. The molecule has 0 aliphatic heterocycles. The van der Waals surface area contributed by atoms with Gasteiger partial charge in [0.15, 0.2) is 0 Å². The smallest absolute Gasteiger partial charge is 0.410 e. The Hall–Kier alpha value is -1.82. The van der Waals surface area contributed by atoms with Gasteiger partial charge in [-0.05, 0) is 26.8 Å². The van der Waals surface area contributed by atoms with Crippen LogP contribution < -0.4 is 4.74 Å². The first kappa shape index (κ1) is 16.2. The van der Waals surface area contributed by atoms with Crippen molar-refractivity contribution in [3.8, 4) is 5.88 Å². The quantitative estimate of drug-likeness (QED) is 0.914. The monoisotopic (exact) mass is 282 g/mol. The van der Waals surface area contributed by atoms with E-state index in [2.05, 4.69) is 4.98 Å². The van der Waals surface area contributed by atoms with E-state index in [9.17, 15) is 9.90 Å². The molecule has 1 heterocycles. The molecule has 1 N–H and O–H groups in total. The van der Waals surface area contributed by atoms with Gasteiger partial charge in [-0.2, -0.15) is 0 Å². The first-order valence-electron chi connectivity index (χ1n) is 6.34. The molecule has 0 spiro atoms. The summed E-state index contributed by atoms with van der Waals surface area (Å²) in [6, 6.07) is 5.12. The van der Waals surface area contributed by atoms with Crippen LogP contribution in [-0.4, -0.2) is 47.4 Å². The first-order chi connectivity index (χ1) is 9.29. The summed E-state index contributed by atoms with van der Waals surface area (Å²) in [5, 5.41) is 10.3. The maximum atomic E-state index is 11.8. The molecular formula is C14H22N2O4. The van der Waals surface area contributed by atoms with Crippen molar-refractivity contribution in [1.29, 1.82) is 0 Å². The van der Waals surface area contributed by atoms with Gasteiger partial charge in [-0.3, -0.25) is 0 Å². The molecule has 0 bridgehead atoms. The van der Waals surface area contributed by atoms with Crippen LogP contribution >= 0.6 is 0 Å². The number of carbonyl (C=O) groups excluding carboxylic acids is 1. The average molecular weight is 282 g/mol. The third-order valence-electron chi connectivity index (χ3n) is 2.86. The molecule has 0 aromatic carbocycles. The van der Waals surface area contributed by atoms with Gasteiger partial charge in [0.05, 0.1) is 26.5 Å². The van der Waals surface area contributed by atoms with Crippen LogP contribution in [0.2, 0.25) is 0 Å². The van der Waals surface area contributed by atoms with Crippen LogP contribution in [-0.2, 0) is 4.74 Å². The molecular weight excluding hydrogens is 260 g/mol. The second kappa shape index (κ2) is 6.56. The second-order valence-electron chi connectivity index (χ2n) is 5.37. The van der Waals surface area contributed by atoms with Crippen molar-refractivity contribution in [2.75, 3.05) is 20.8 Å². The van der Waals surface area contributed by atoms with Gasteiger partial charge in [-0.15, -0.1) is 0 Å². The Morgan fingerprint density at radius 2 is 2.05 bits per heavy atom. The zero-order valence-corrected chi connectivity index (χ0v) is 12.6. The number of aliphatic hydroxyl groups is 1. The molecule has 20 heavy (non-hydrogen) atoms. The summed E-state index contributed by atoms with van der Waals surface area (Å²) in [6.45, 7) is 5.71. The fourth-order valence-electron chi connectivity index (χ4n) is 1.73. The Morgan fingerprint density at radius 1 is 1.40 bits per heavy atom. The van der Waals surface area contributed by atoms with Crippen molar-refractivity contribution in [3.63, 3.8) is 0 Å². The van der Waals surface area contributed by atoms with E-state index in [0.717, 1.165) is 0 Å². The van der Waals surface area contributed by atoms with Gasteiger partial charge in [0.25, 0.3) is 0 Å². The SMILES string of the molecule is COC(=O)N(CC(O)c1cccc(OC)n1)C(C)(C)C. The van der Waals surface area contributed by atoms with Crippen molar-refractivity contribution < 1.29 is 19.4 Å². The van der Waals surface area contributed by atoms with Crippen molar-refractivity contribution in [3.05, 3.63) is 23.9 Å². The normalized spacial score (nSPS) is 12.7. The number of amides is 1. The van der Waals surface area contributed by atoms with Gasteiger partial charge < -0.3 is 19.5 Å². The van der Waals surface area contributed by atoms with Gasteiger partial charge in [0.2, 0.25) is 5.88 Å². The highest BCUT2D eigenvalue weighted by Gasteiger charge is 2.30. The molecule has 6 nitrogen and oxygen atoms in total. The Kier molecular flexibility index (Phi) is 5.33. The van der Waals surface area contributed by atoms with E-state index in [4.69, 9.17) is 9.47 Å². The number of methoxy groups -OCH3 is 2. The van der Waals surface area contributed by atoms with E-state index in [1.165, 1.54) is 19.1 Å². The average Bonchev–Trinajstić information content (AvgIpc) is 2.42. The summed E-state index contributed by atoms with van der Waals surface area (Å²) < 4.78 is 9.77. The third-order valence-corrected chi connectivity index (χ3v) is 2.86. The third kappa shape index (κ3) is 4.09. The zero-order chi connectivity index (χ0) is 15.3. The second-order valence-corrected chi connectivity index (χ2v) is 5.37. The summed E-state index contributed by atoms with van der Waals surface area (Å²) in [4.78, 5) is 17.4. The summed E-state index contributed by atoms with van der Waals surface area (Å²) in [7, 11) is 2.83. The van der Waals surface area contributed by atoms with Crippen LogP contribution in [0.25, 0.3) is 0 Å². The van der Waals surface area contributed by atoms with Crippen LogP contribution in [0.15, 0.2) is 18.2 Å². The standard InChI is InChI=1S/C14H22N2O4/c1-14(2,3)16(13(18)20-5)9-11(17)10-7-6-8-12(15-10)19-4/h6-8,11,17H,9H2,1-5H3.